The molecule has 180 valence electrons. The van der Waals surface area contributed by atoms with E-state index in [1.807, 2.05) is 52.5 Å². The number of benzene rings is 1. The Morgan fingerprint density at radius 2 is 1.79 bits per heavy atom. The number of nitro benzene ring substituents is 1. The van der Waals surface area contributed by atoms with Gasteiger partial charge < -0.3 is 9.47 Å². The van der Waals surface area contributed by atoms with Gasteiger partial charge in [0.2, 0.25) is 0 Å². The van der Waals surface area contributed by atoms with E-state index >= 15 is 0 Å². The maximum atomic E-state index is 13.3. The lowest BCUT2D eigenvalue weighted by Gasteiger charge is -2.42. The summed E-state index contributed by atoms with van der Waals surface area (Å²) in [7, 11) is 0. The van der Waals surface area contributed by atoms with E-state index < -0.39 is 5.60 Å². The number of ether oxygens (including phenoxy) is 2. The van der Waals surface area contributed by atoms with Gasteiger partial charge in [0.15, 0.2) is 5.75 Å². The van der Waals surface area contributed by atoms with Crippen LogP contribution in [0.1, 0.15) is 77.8 Å². The largest absolute Gasteiger partial charge is 0.484 e. The predicted molar refractivity (Wildman–Crippen MR) is 127 cm³/mol. The molecule has 4 rings (SSSR count). The zero-order valence-corrected chi connectivity index (χ0v) is 20.6. The molecule has 7 nitrogen and oxygen atoms in total. The number of hydrogen-bond donors (Lipinski definition) is 0. The number of carbonyl (C=O) groups is 1. The zero-order valence-electron chi connectivity index (χ0n) is 20.6. The lowest BCUT2D eigenvalue weighted by Crippen LogP contribution is -2.52. The molecule has 2 fully saturated rings. The van der Waals surface area contributed by atoms with Crippen molar-refractivity contribution in [2.75, 3.05) is 0 Å². The molecule has 2 aliphatic carbocycles. The fraction of sp³-hybridized carbons (Fsp3) is 0.654. The minimum Gasteiger partial charge on any atom is -0.484 e. The van der Waals surface area contributed by atoms with E-state index in [1.54, 1.807) is 6.07 Å². The van der Waals surface area contributed by atoms with E-state index in [-0.39, 0.29) is 34.9 Å². The van der Waals surface area contributed by atoms with Crippen LogP contribution in [0.5, 0.6) is 5.75 Å². The summed E-state index contributed by atoms with van der Waals surface area (Å²) < 4.78 is 11.7. The van der Waals surface area contributed by atoms with Crippen LogP contribution in [0.4, 0.5) is 10.5 Å². The van der Waals surface area contributed by atoms with Crippen LogP contribution in [0.3, 0.4) is 0 Å². The fourth-order valence-electron chi connectivity index (χ4n) is 4.86. The van der Waals surface area contributed by atoms with E-state index in [9.17, 15) is 14.9 Å². The molecule has 0 spiro atoms. The summed E-state index contributed by atoms with van der Waals surface area (Å²) in [6, 6.07) is 3.54. The molecule has 0 unspecified atom stereocenters. The highest BCUT2D eigenvalue weighted by molar-refractivity contribution is 5.77. The van der Waals surface area contributed by atoms with Gasteiger partial charge in [-0.3, -0.25) is 15.0 Å². The van der Waals surface area contributed by atoms with Crippen molar-refractivity contribution in [2.45, 2.75) is 97.4 Å². The van der Waals surface area contributed by atoms with Gasteiger partial charge >= 0.3 is 11.8 Å². The second kappa shape index (κ2) is 8.65. The highest BCUT2D eigenvalue weighted by Crippen LogP contribution is 2.49. The summed E-state index contributed by atoms with van der Waals surface area (Å²) in [5, 5.41) is 11.6. The van der Waals surface area contributed by atoms with Gasteiger partial charge in [0.05, 0.1) is 17.1 Å². The molecule has 1 amide bonds. The Kier molecular flexibility index (Phi) is 6.18. The average molecular weight is 457 g/mol. The lowest BCUT2D eigenvalue weighted by atomic mass is 9.85. The van der Waals surface area contributed by atoms with Crippen LogP contribution in [-0.2, 0) is 4.74 Å². The maximum Gasteiger partial charge on any atom is 0.411 e. The van der Waals surface area contributed by atoms with Gasteiger partial charge in [0.1, 0.15) is 5.60 Å². The molecule has 0 radical (unpaired) electrons. The Morgan fingerprint density at radius 3 is 2.30 bits per heavy atom. The third kappa shape index (κ3) is 5.33. The fourth-order valence-corrected chi connectivity index (χ4v) is 4.86. The van der Waals surface area contributed by atoms with Crippen LogP contribution in [-0.4, -0.2) is 39.7 Å². The van der Waals surface area contributed by atoms with Gasteiger partial charge in [-0.25, -0.2) is 4.79 Å². The third-order valence-electron chi connectivity index (χ3n) is 6.57. The molecular formula is C26H36N2O5. The standard InChI is InChI=1S/C26H36N2O5/c1-15(2)32-24-14-20(16(3)11-23(24)28(30)31)19-12-21(17-7-8-17)27(22(13-19)18-9-10-18)25(29)33-26(4,5)6/h11-12,14-15,17-18,21-22H,7-10,13H2,1-6H3/t21-,22+/m0/s1. The first-order valence-electron chi connectivity index (χ1n) is 12.1. The summed E-state index contributed by atoms with van der Waals surface area (Å²) >= 11 is 0. The Labute approximate surface area is 196 Å². The topological polar surface area (TPSA) is 81.9 Å². The molecule has 3 aliphatic rings. The minimum absolute atomic E-state index is 0.00161. The van der Waals surface area contributed by atoms with Crippen LogP contribution in [0.2, 0.25) is 0 Å². The van der Waals surface area contributed by atoms with Crippen molar-refractivity contribution in [3.05, 3.63) is 39.4 Å². The molecule has 2 atom stereocenters. The van der Waals surface area contributed by atoms with Crippen molar-refractivity contribution in [3.8, 4) is 5.75 Å². The number of aryl methyl sites for hydroxylation is 1. The number of nitrogens with zero attached hydrogens (tertiary/aromatic N) is 2. The van der Waals surface area contributed by atoms with E-state index in [1.165, 1.54) is 0 Å². The monoisotopic (exact) mass is 456 g/mol. The molecular weight excluding hydrogens is 420 g/mol. The smallest absolute Gasteiger partial charge is 0.411 e. The molecule has 7 heteroatoms. The maximum absolute atomic E-state index is 13.3. The SMILES string of the molecule is Cc1cc([N+](=O)[O-])c(OC(C)C)cc1C1=C[C@@H](C2CC2)N(C(=O)OC(C)(C)C)[C@@H](C2CC2)C1. The third-order valence-corrected chi connectivity index (χ3v) is 6.57. The van der Waals surface area contributed by atoms with Crippen LogP contribution < -0.4 is 4.74 Å². The van der Waals surface area contributed by atoms with Gasteiger partial charge in [-0.05, 0) is 108 Å². The Hall–Kier alpha value is -2.57. The second-order valence-corrected chi connectivity index (χ2v) is 11.1. The minimum atomic E-state index is -0.540. The Balaban J connectivity index is 1.75. The van der Waals surface area contributed by atoms with Crippen molar-refractivity contribution in [1.82, 2.24) is 4.90 Å². The molecule has 1 heterocycles. The molecule has 0 saturated heterocycles. The van der Waals surface area contributed by atoms with Crippen LogP contribution in [0, 0.1) is 28.9 Å². The summed E-state index contributed by atoms with van der Waals surface area (Å²) in [6.07, 6.45) is 7.00. The molecule has 1 aliphatic heterocycles. The Morgan fingerprint density at radius 1 is 1.15 bits per heavy atom. The average Bonchev–Trinajstić information content (AvgIpc) is 3.59. The van der Waals surface area contributed by atoms with Gasteiger partial charge in [0, 0.05) is 12.1 Å². The first kappa shape index (κ1) is 23.6. The zero-order chi connectivity index (χ0) is 24.1. The predicted octanol–water partition coefficient (Wildman–Crippen LogP) is 6.27. The van der Waals surface area contributed by atoms with Crippen molar-refractivity contribution >= 4 is 17.4 Å². The van der Waals surface area contributed by atoms with E-state index in [0.717, 1.165) is 48.8 Å². The second-order valence-electron chi connectivity index (χ2n) is 11.1. The highest BCUT2D eigenvalue weighted by atomic mass is 16.6. The van der Waals surface area contributed by atoms with E-state index in [2.05, 4.69) is 6.08 Å². The number of amides is 1. The number of carbonyl (C=O) groups excluding carboxylic acids is 1. The normalized spacial score (nSPS) is 23.4. The lowest BCUT2D eigenvalue weighted by molar-refractivity contribution is -0.386. The summed E-state index contributed by atoms with van der Waals surface area (Å²) in [4.78, 5) is 26.5. The van der Waals surface area contributed by atoms with Crippen molar-refractivity contribution in [2.24, 2.45) is 11.8 Å². The first-order chi connectivity index (χ1) is 15.4. The number of hydrogen-bond acceptors (Lipinski definition) is 5. The first-order valence-corrected chi connectivity index (χ1v) is 12.1. The molecule has 0 aromatic heterocycles. The summed E-state index contributed by atoms with van der Waals surface area (Å²) in [5.41, 5.74) is 2.45. The van der Waals surface area contributed by atoms with Gasteiger partial charge in [0.25, 0.3) is 0 Å². The van der Waals surface area contributed by atoms with Crippen LogP contribution >= 0.6 is 0 Å². The molecule has 0 bridgehead atoms. The Bertz CT molecular complexity index is 970. The van der Waals surface area contributed by atoms with Gasteiger partial charge in [-0.1, -0.05) is 6.08 Å². The molecule has 1 aromatic carbocycles. The van der Waals surface area contributed by atoms with Gasteiger partial charge in [-0.2, -0.15) is 0 Å². The van der Waals surface area contributed by atoms with Crippen LogP contribution in [0.15, 0.2) is 18.2 Å². The molecule has 33 heavy (non-hydrogen) atoms. The van der Waals surface area contributed by atoms with Crippen molar-refractivity contribution < 1.29 is 19.2 Å². The van der Waals surface area contributed by atoms with E-state index in [4.69, 9.17) is 9.47 Å². The molecule has 0 N–H and O–H groups in total. The summed E-state index contributed by atoms with van der Waals surface area (Å²) in [5.74, 6) is 1.23. The van der Waals surface area contributed by atoms with Gasteiger partial charge in [-0.15, -0.1) is 0 Å². The van der Waals surface area contributed by atoms with Crippen LogP contribution in [0.25, 0.3) is 5.57 Å². The highest BCUT2D eigenvalue weighted by Gasteiger charge is 2.48. The molecule has 1 aromatic rings. The van der Waals surface area contributed by atoms with Crippen molar-refractivity contribution in [3.63, 3.8) is 0 Å². The van der Waals surface area contributed by atoms with E-state index in [0.29, 0.717) is 17.6 Å². The molecule has 2 saturated carbocycles. The summed E-state index contributed by atoms with van der Waals surface area (Å²) in [6.45, 7) is 11.4. The van der Waals surface area contributed by atoms with Crippen molar-refractivity contribution in [1.29, 1.82) is 0 Å². The number of rotatable bonds is 6. The number of nitro groups is 1. The quantitative estimate of drug-likeness (QED) is 0.372.